The summed E-state index contributed by atoms with van der Waals surface area (Å²) in [7, 11) is 0. The van der Waals surface area contributed by atoms with Gasteiger partial charge in [0.2, 0.25) is 5.91 Å². The summed E-state index contributed by atoms with van der Waals surface area (Å²) >= 11 is 5.64. The molecule has 0 aromatic rings. The Morgan fingerprint density at radius 1 is 1.00 bits per heavy atom. The number of hydrogen-bond donors (Lipinski definition) is 1. The molecule has 1 unspecified atom stereocenters. The van der Waals surface area contributed by atoms with Gasteiger partial charge >= 0.3 is 0 Å². The maximum atomic E-state index is 11.4. The van der Waals surface area contributed by atoms with Gasteiger partial charge in [-0.05, 0) is 13.3 Å². The number of nitrogens with one attached hydrogen (secondary N) is 1. The summed E-state index contributed by atoms with van der Waals surface area (Å²) in [6.45, 7) is 4.18. The van der Waals surface area contributed by atoms with Crippen molar-refractivity contribution in [3.63, 3.8) is 0 Å². The average molecular weight is 276 g/mol. The van der Waals surface area contributed by atoms with E-state index >= 15 is 0 Å². The van der Waals surface area contributed by atoms with Crippen molar-refractivity contribution in [1.29, 1.82) is 0 Å². The van der Waals surface area contributed by atoms with E-state index in [2.05, 4.69) is 12.2 Å². The molecule has 0 bridgehead atoms. The van der Waals surface area contributed by atoms with Crippen LogP contribution in [0.4, 0.5) is 0 Å². The number of carbonyl (C=O) groups excluding carboxylic acids is 1. The normalized spacial score (nSPS) is 12.4. The Morgan fingerprint density at radius 3 is 2.00 bits per heavy atom. The maximum absolute atomic E-state index is 11.4. The van der Waals surface area contributed by atoms with Gasteiger partial charge < -0.3 is 5.32 Å². The van der Waals surface area contributed by atoms with Gasteiger partial charge in [-0.15, -0.1) is 11.6 Å². The van der Waals surface area contributed by atoms with Gasteiger partial charge in [-0.3, -0.25) is 4.79 Å². The lowest BCUT2D eigenvalue weighted by Crippen LogP contribution is -2.33. The van der Waals surface area contributed by atoms with Crippen LogP contribution in [0.3, 0.4) is 0 Å². The van der Waals surface area contributed by atoms with Crippen molar-refractivity contribution >= 4 is 17.5 Å². The van der Waals surface area contributed by atoms with E-state index in [-0.39, 0.29) is 11.9 Å². The Kier molecular flexibility index (Phi) is 13.0. The fourth-order valence-corrected chi connectivity index (χ4v) is 2.06. The smallest absolute Gasteiger partial charge is 0.220 e. The number of amides is 1. The van der Waals surface area contributed by atoms with Crippen molar-refractivity contribution in [2.75, 3.05) is 5.88 Å². The molecule has 0 aliphatic rings. The lowest BCUT2D eigenvalue weighted by molar-refractivity contribution is -0.121. The Bertz CT molecular complexity index is 197. The van der Waals surface area contributed by atoms with Crippen molar-refractivity contribution in [2.24, 2.45) is 0 Å². The highest BCUT2D eigenvalue weighted by atomic mass is 35.5. The minimum Gasteiger partial charge on any atom is -0.352 e. The van der Waals surface area contributed by atoms with Crippen LogP contribution in [-0.2, 0) is 4.79 Å². The van der Waals surface area contributed by atoms with Crippen molar-refractivity contribution in [1.82, 2.24) is 5.32 Å². The predicted octanol–water partition coefficient (Wildman–Crippen LogP) is 4.65. The first-order valence-corrected chi connectivity index (χ1v) is 8.09. The summed E-state index contributed by atoms with van der Waals surface area (Å²) in [6.07, 6.45) is 12.2. The van der Waals surface area contributed by atoms with E-state index in [1.54, 1.807) is 0 Å². The molecule has 0 aliphatic carbocycles. The average Bonchev–Trinajstić information content (AvgIpc) is 2.36. The maximum Gasteiger partial charge on any atom is 0.220 e. The first-order chi connectivity index (χ1) is 8.70. The zero-order valence-electron chi connectivity index (χ0n) is 12.1. The topological polar surface area (TPSA) is 29.1 Å². The molecule has 0 aromatic heterocycles. The van der Waals surface area contributed by atoms with Crippen LogP contribution in [0, 0.1) is 0 Å². The van der Waals surface area contributed by atoms with Gasteiger partial charge in [0.05, 0.1) is 0 Å². The molecule has 0 heterocycles. The zero-order chi connectivity index (χ0) is 13.6. The summed E-state index contributed by atoms with van der Waals surface area (Å²) in [5.41, 5.74) is 0. The molecule has 108 valence electrons. The van der Waals surface area contributed by atoms with Gasteiger partial charge in [0.1, 0.15) is 0 Å². The van der Waals surface area contributed by atoms with Crippen molar-refractivity contribution in [3.8, 4) is 0 Å². The minimum atomic E-state index is 0.0951. The van der Waals surface area contributed by atoms with E-state index < -0.39 is 0 Å². The first-order valence-electron chi connectivity index (χ1n) is 7.56. The molecule has 18 heavy (non-hydrogen) atoms. The van der Waals surface area contributed by atoms with Crippen LogP contribution < -0.4 is 5.32 Å². The third-order valence-corrected chi connectivity index (χ3v) is 3.61. The molecule has 1 amide bonds. The molecule has 0 saturated carbocycles. The molecule has 3 heteroatoms. The molecule has 0 fully saturated rings. The van der Waals surface area contributed by atoms with Crippen LogP contribution in [0.1, 0.15) is 78.1 Å². The lowest BCUT2D eigenvalue weighted by Gasteiger charge is -2.10. The molecule has 0 aliphatic heterocycles. The SMILES string of the molecule is CCCCCCCCCCCC(=O)NC(C)CCl. The second kappa shape index (κ2) is 13.2. The third-order valence-electron chi connectivity index (χ3n) is 3.15. The molecular weight excluding hydrogens is 246 g/mol. The van der Waals surface area contributed by atoms with Crippen molar-refractivity contribution in [3.05, 3.63) is 0 Å². The highest BCUT2D eigenvalue weighted by Crippen LogP contribution is 2.10. The second-order valence-electron chi connectivity index (χ2n) is 5.20. The van der Waals surface area contributed by atoms with Crippen LogP contribution in [-0.4, -0.2) is 17.8 Å². The number of rotatable bonds is 12. The quantitative estimate of drug-likeness (QED) is 0.408. The van der Waals surface area contributed by atoms with E-state index in [9.17, 15) is 4.79 Å². The van der Waals surface area contributed by atoms with Crippen LogP contribution >= 0.6 is 11.6 Å². The van der Waals surface area contributed by atoms with E-state index in [0.29, 0.717) is 12.3 Å². The molecule has 0 rings (SSSR count). The fourth-order valence-electron chi connectivity index (χ4n) is 1.98. The van der Waals surface area contributed by atoms with Crippen LogP contribution in [0.25, 0.3) is 0 Å². The lowest BCUT2D eigenvalue weighted by atomic mass is 10.1. The summed E-state index contributed by atoms with van der Waals surface area (Å²) in [6, 6.07) is 0.0951. The fraction of sp³-hybridized carbons (Fsp3) is 0.933. The summed E-state index contributed by atoms with van der Waals surface area (Å²) in [5.74, 6) is 0.634. The van der Waals surface area contributed by atoms with Crippen LogP contribution in [0.2, 0.25) is 0 Å². The molecule has 1 N–H and O–H groups in total. The second-order valence-corrected chi connectivity index (χ2v) is 5.51. The van der Waals surface area contributed by atoms with Gasteiger partial charge in [-0.25, -0.2) is 0 Å². The Morgan fingerprint density at radius 2 is 1.50 bits per heavy atom. The molecule has 0 aromatic carbocycles. The molecule has 2 nitrogen and oxygen atoms in total. The van der Waals surface area contributed by atoms with E-state index in [0.717, 1.165) is 6.42 Å². The van der Waals surface area contributed by atoms with Gasteiger partial charge in [0.25, 0.3) is 0 Å². The van der Waals surface area contributed by atoms with Crippen molar-refractivity contribution < 1.29 is 4.79 Å². The van der Waals surface area contributed by atoms with Gasteiger partial charge in [-0.2, -0.15) is 0 Å². The predicted molar refractivity (Wildman–Crippen MR) is 80.2 cm³/mol. The van der Waals surface area contributed by atoms with Crippen molar-refractivity contribution in [2.45, 2.75) is 84.1 Å². The largest absolute Gasteiger partial charge is 0.352 e. The Labute approximate surface area is 118 Å². The number of alkyl halides is 1. The zero-order valence-corrected chi connectivity index (χ0v) is 12.9. The monoisotopic (exact) mass is 275 g/mol. The number of carbonyl (C=O) groups is 1. The Hall–Kier alpha value is -0.240. The third kappa shape index (κ3) is 12.2. The summed E-state index contributed by atoms with van der Waals surface area (Å²) < 4.78 is 0. The highest BCUT2D eigenvalue weighted by Gasteiger charge is 2.05. The number of halogens is 1. The molecule has 0 radical (unpaired) electrons. The number of unbranched alkanes of at least 4 members (excludes halogenated alkanes) is 8. The summed E-state index contributed by atoms with van der Waals surface area (Å²) in [4.78, 5) is 11.4. The number of hydrogen-bond acceptors (Lipinski definition) is 1. The highest BCUT2D eigenvalue weighted by molar-refractivity contribution is 6.18. The summed E-state index contributed by atoms with van der Waals surface area (Å²) in [5, 5.41) is 2.88. The minimum absolute atomic E-state index is 0.0951. The van der Waals surface area contributed by atoms with Crippen LogP contribution in [0.15, 0.2) is 0 Å². The molecular formula is C15H30ClNO. The van der Waals surface area contributed by atoms with Gasteiger partial charge in [-0.1, -0.05) is 58.3 Å². The van der Waals surface area contributed by atoms with E-state index in [4.69, 9.17) is 11.6 Å². The van der Waals surface area contributed by atoms with Gasteiger partial charge in [0, 0.05) is 18.3 Å². The molecule has 1 atom stereocenters. The standard InChI is InChI=1S/C15H30ClNO/c1-3-4-5-6-7-8-9-10-11-12-15(18)17-14(2)13-16/h14H,3-13H2,1-2H3,(H,17,18). The van der Waals surface area contributed by atoms with E-state index in [1.165, 1.54) is 51.4 Å². The molecule has 0 saturated heterocycles. The Balaban J connectivity index is 3.17. The molecule has 0 spiro atoms. The van der Waals surface area contributed by atoms with Gasteiger partial charge in [0.15, 0.2) is 0 Å². The van der Waals surface area contributed by atoms with E-state index in [1.807, 2.05) is 6.92 Å². The van der Waals surface area contributed by atoms with Crippen LogP contribution in [0.5, 0.6) is 0 Å². The first kappa shape index (κ1) is 17.8.